The molecule has 4 heteroatoms. The molecule has 0 aliphatic carbocycles. The predicted octanol–water partition coefficient (Wildman–Crippen LogP) is 5.60. The van der Waals surface area contributed by atoms with Gasteiger partial charge in [0, 0.05) is 13.1 Å². The standard InChI is InChI=1S/C18H21Br2NO/c1-12(2)22-18-16(19)8-15(9-17(18)20)11-21-10-14-6-4-13(3)5-7-14/h4-9,12,21H,10-11H2,1-3H3. The van der Waals surface area contributed by atoms with Crippen LogP contribution in [0.4, 0.5) is 0 Å². The van der Waals surface area contributed by atoms with Crippen molar-refractivity contribution in [1.82, 2.24) is 5.32 Å². The zero-order chi connectivity index (χ0) is 16.1. The summed E-state index contributed by atoms with van der Waals surface area (Å²) in [5, 5.41) is 3.47. The van der Waals surface area contributed by atoms with Crippen LogP contribution in [0.5, 0.6) is 5.75 Å². The molecule has 0 saturated heterocycles. The number of hydrogen-bond donors (Lipinski definition) is 1. The van der Waals surface area contributed by atoms with Gasteiger partial charge >= 0.3 is 0 Å². The van der Waals surface area contributed by atoms with Gasteiger partial charge in [0.25, 0.3) is 0 Å². The molecule has 0 aliphatic rings. The fourth-order valence-corrected chi connectivity index (χ4v) is 3.59. The van der Waals surface area contributed by atoms with E-state index in [4.69, 9.17) is 4.74 Å². The molecule has 0 aromatic heterocycles. The molecule has 2 rings (SSSR count). The molecule has 0 heterocycles. The molecule has 0 fully saturated rings. The van der Waals surface area contributed by atoms with Crippen molar-refractivity contribution in [2.75, 3.05) is 0 Å². The van der Waals surface area contributed by atoms with Gasteiger partial charge < -0.3 is 10.1 Å². The van der Waals surface area contributed by atoms with E-state index in [1.807, 2.05) is 13.8 Å². The maximum Gasteiger partial charge on any atom is 0.148 e. The van der Waals surface area contributed by atoms with Crippen LogP contribution in [-0.2, 0) is 13.1 Å². The SMILES string of the molecule is Cc1ccc(CNCc2cc(Br)c(OC(C)C)c(Br)c2)cc1. The number of hydrogen-bond acceptors (Lipinski definition) is 2. The van der Waals surface area contributed by atoms with Gasteiger partial charge in [-0.1, -0.05) is 29.8 Å². The average Bonchev–Trinajstić information content (AvgIpc) is 2.45. The molecular weight excluding hydrogens is 406 g/mol. The Hall–Kier alpha value is -0.840. The van der Waals surface area contributed by atoms with Crippen molar-refractivity contribution in [2.45, 2.75) is 40.0 Å². The van der Waals surface area contributed by atoms with Crippen LogP contribution in [0.25, 0.3) is 0 Å². The molecule has 22 heavy (non-hydrogen) atoms. The second-order valence-electron chi connectivity index (χ2n) is 5.64. The summed E-state index contributed by atoms with van der Waals surface area (Å²) in [7, 11) is 0. The smallest absolute Gasteiger partial charge is 0.148 e. The Bertz CT molecular complexity index is 600. The van der Waals surface area contributed by atoms with Gasteiger partial charge in [0.05, 0.1) is 15.0 Å². The van der Waals surface area contributed by atoms with E-state index in [9.17, 15) is 0 Å². The van der Waals surface area contributed by atoms with E-state index >= 15 is 0 Å². The Morgan fingerprint density at radius 3 is 2.05 bits per heavy atom. The van der Waals surface area contributed by atoms with E-state index < -0.39 is 0 Å². The van der Waals surface area contributed by atoms with Crippen LogP contribution >= 0.6 is 31.9 Å². The molecule has 1 N–H and O–H groups in total. The van der Waals surface area contributed by atoms with Gasteiger partial charge in [-0.2, -0.15) is 0 Å². The summed E-state index contributed by atoms with van der Waals surface area (Å²) < 4.78 is 7.75. The molecule has 2 aromatic rings. The van der Waals surface area contributed by atoms with Crippen LogP contribution in [0.15, 0.2) is 45.3 Å². The normalized spacial score (nSPS) is 11.0. The first-order chi connectivity index (χ1) is 10.5. The van der Waals surface area contributed by atoms with Crippen LogP contribution in [0.2, 0.25) is 0 Å². The first kappa shape index (κ1) is 17.5. The summed E-state index contributed by atoms with van der Waals surface area (Å²) in [6, 6.07) is 12.8. The fourth-order valence-electron chi connectivity index (χ4n) is 2.12. The number of ether oxygens (including phenoxy) is 1. The third-order valence-electron chi connectivity index (χ3n) is 3.19. The van der Waals surface area contributed by atoms with Crippen molar-refractivity contribution in [3.8, 4) is 5.75 Å². The molecule has 118 valence electrons. The summed E-state index contributed by atoms with van der Waals surface area (Å²) in [5.74, 6) is 0.859. The monoisotopic (exact) mass is 425 g/mol. The highest BCUT2D eigenvalue weighted by Crippen LogP contribution is 2.35. The van der Waals surface area contributed by atoms with Crippen molar-refractivity contribution < 1.29 is 4.74 Å². The van der Waals surface area contributed by atoms with Crippen LogP contribution in [0.1, 0.15) is 30.5 Å². The van der Waals surface area contributed by atoms with Crippen molar-refractivity contribution >= 4 is 31.9 Å². The Morgan fingerprint density at radius 1 is 0.955 bits per heavy atom. The Labute approximate surface area is 149 Å². The molecule has 0 aliphatic heterocycles. The number of halogens is 2. The van der Waals surface area contributed by atoms with Gasteiger partial charge in [0.15, 0.2) is 0 Å². The lowest BCUT2D eigenvalue weighted by Gasteiger charge is -2.15. The number of rotatable bonds is 6. The van der Waals surface area contributed by atoms with E-state index in [2.05, 4.69) is 80.5 Å². The number of nitrogens with one attached hydrogen (secondary N) is 1. The molecule has 2 nitrogen and oxygen atoms in total. The fraction of sp³-hybridized carbons (Fsp3) is 0.333. The lowest BCUT2D eigenvalue weighted by atomic mass is 10.1. The predicted molar refractivity (Wildman–Crippen MR) is 99.3 cm³/mol. The minimum absolute atomic E-state index is 0.151. The maximum atomic E-state index is 5.80. The van der Waals surface area contributed by atoms with Gasteiger partial charge in [-0.3, -0.25) is 0 Å². The highest BCUT2D eigenvalue weighted by Gasteiger charge is 2.10. The summed E-state index contributed by atoms with van der Waals surface area (Å²) in [6.45, 7) is 7.83. The largest absolute Gasteiger partial charge is 0.489 e. The highest BCUT2D eigenvalue weighted by molar-refractivity contribution is 9.11. The molecule has 0 saturated carbocycles. The van der Waals surface area contributed by atoms with Crippen molar-refractivity contribution in [1.29, 1.82) is 0 Å². The van der Waals surface area contributed by atoms with Gasteiger partial charge in [-0.05, 0) is 75.9 Å². The molecular formula is C18H21Br2NO. The van der Waals surface area contributed by atoms with Crippen LogP contribution in [0, 0.1) is 6.92 Å². The molecule has 0 radical (unpaired) electrons. The van der Waals surface area contributed by atoms with E-state index in [-0.39, 0.29) is 6.10 Å². The Kier molecular flexibility index (Phi) is 6.48. The first-order valence-electron chi connectivity index (χ1n) is 7.36. The maximum absolute atomic E-state index is 5.80. The second-order valence-corrected chi connectivity index (χ2v) is 7.35. The third kappa shape index (κ3) is 5.11. The number of benzene rings is 2. The van der Waals surface area contributed by atoms with E-state index in [1.165, 1.54) is 16.7 Å². The van der Waals surface area contributed by atoms with Crippen LogP contribution in [-0.4, -0.2) is 6.10 Å². The van der Waals surface area contributed by atoms with Gasteiger partial charge in [-0.25, -0.2) is 0 Å². The number of aryl methyl sites for hydroxylation is 1. The third-order valence-corrected chi connectivity index (χ3v) is 4.37. The minimum Gasteiger partial charge on any atom is -0.489 e. The zero-order valence-electron chi connectivity index (χ0n) is 13.1. The van der Waals surface area contributed by atoms with Gasteiger partial charge in [0.2, 0.25) is 0 Å². The quantitative estimate of drug-likeness (QED) is 0.649. The lowest BCUT2D eigenvalue weighted by Crippen LogP contribution is -2.13. The van der Waals surface area contributed by atoms with Crippen LogP contribution < -0.4 is 10.1 Å². The summed E-state index contributed by atoms with van der Waals surface area (Å²) in [6.07, 6.45) is 0.151. The first-order valence-corrected chi connectivity index (χ1v) is 8.95. The molecule has 0 amide bonds. The van der Waals surface area contributed by atoms with Crippen molar-refractivity contribution in [3.05, 3.63) is 62.0 Å². The molecule has 0 bridgehead atoms. The van der Waals surface area contributed by atoms with Crippen molar-refractivity contribution in [2.24, 2.45) is 0 Å². The van der Waals surface area contributed by atoms with E-state index in [0.717, 1.165) is 27.8 Å². The summed E-state index contributed by atoms with van der Waals surface area (Å²) in [5.41, 5.74) is 3.79. The highest BCUT2D eigenvalue weighted by atomic mass is 79.9. The topological polar surface area (TPSA) is 21.3 Å². The van der Waals surface area contributed by atoms with E-state index in [1.54, 1.807) is 0 Å². The van der Waals surface area contributed by atoms with Crippen molar-refractivity contribution in [3.63, 3.8) is 0 Å². The average molecular weight is 427 g/mol. The molecule has 0 atom stereocenters. The minimum atomic E-state index is 0.151. The summed E-state index contributed by atoms with van der Waals surface area (Å²) in [4.78, 5) is 0. The summed E-state index contributed by atoms with van der Waals surface area (Å²) >= 11 is 7.18. The lowest BCUT2D eigenvalue weighted by molar-refractivity contribution is 0.239. The van der Waals surface area contributed by atoms with E-state index in [0.29, 0.717) is 0 Å². The Morgan fingerprint density at radius 2 is 1.50 bits per heavy atom. The molecule has 0 unspecified atom stereocenters. The zero-order valence-corrected chi connectivity index (χ0v) is 16.3. The molecule has 0 spiro atoms. The van der Waals surface area contributed by atoms with Gasteiger partial charge in [0.1, 0.15) is 5.75 Å². The van der Waals surface area contributed by atoms with Crippen LogP contribution in [0.3, 0.4) is 0 Å². The Balaban J connectivity index is 1.97. The van der Waals surface area contributed by atoms with Gasteiger partial charge in [-0.15, -0.1) is 0 Å². The molecule has 2 aromatic carbocycles. The second kappa shape index (κ2) is 8.14.